The second kappa shape index (κ2) is 5.53. The van der Waals surface area contributed by atoms with Crippen molar-refractivity contribution in [1.82, 2.24) is 9.97 Å². The molecule has 0 radical (unpaired) electrons. The molecule has 0 unspecified atom stereocenters. The molecule has 1 heterocycles. The molecular formula is C12H11ClN4O2. The number of benzene rings is 1. The van der Waals surface area contributed by atoms with Gasteiger partial charge in [-0.1, -0.05) is 22.8 Å². The van der Waals surface area contributed by atoms with Gasteiger partial charge in [-0.25, -0.2) is 9.97 Å². The van der Waals surface area contributed by atoms with Crippen molar-refractivity contribution < 1.29 is 9.94 Å². The van der Waals surface area contributed by atoms with Crippen LogP contribution in [0, 0.1) is 6.92 Å². The minimum atomic E-state index is -0.118. The van der Waals surface area contributed by atoms with Gasteiger partial charge in [0.1, 0.15) is 11.4 Å². The van der Waals surface area contributed by atoms with Crippen molar-refractivity contribution in [3.8, 4) is 11.6 Å². The number of oxime groups is 1. The highest BCUT2D eigenvalue weighted by molar-refractivity contribution is 6.32. The van der Waals surface area contributed by atoms with Gasteiger partial charge in [0.2, 0.25) is 5.88 Å². The number of rotatable bonds is 3. The molecule has 7 heteroatoms. The van der Waals surface area contributed by atoms with Crippen molar-refractivity contribution >= 4 is 17.4 Å². The van der Waals surface area contributed by atoms with Gasteiger partial charge >= 0.3 is 0 Å². The Morgan fingerprint density at radius 2 is 2.16 bits per heavy atom. The first kappa shape index (κ1) is 13.1. The maximum atomic E-state index is 8.51. The number of nitrogens with two attached hydrogens (primary N) is 1. The molecular weight excluding hydrogens is 268 g/mol. The van der Waals surface area contributed by atoms with E-state index in [0.29, 0.717) is 10.8 Å². The van der Waals surface area contributed by atoms with Crippen molar-refractivity contribution in [1.29, 1.82) is 0 Å². The number of hydrogen-bond donors (Lipinski definition) is 2. The molecule has 0 amide bonds. The summed E-state index contributed by atoms with van der Waals surface area (Å²) in [6, 6.07) is 5.41. The largest absolute Gasteiger partial charge is 0.436 e. The zero-order valence-corrected chi connectivity index (χ0v) is 10.8. The van der Waals surface area contributed by atoms with E-state index in [1.54, 1.807) is 12.1 Å². The zero-order chi connectivity index (χ0) is 13.8. The number of amidine groups is 1. The minimum Gasteiger partial charge on any atom is -0.436 e. The number of ether oxygens (including phenoxy) is 1. The van der Waals surface area contributed by atoms with E-state index >= 15 is 0 Å². The van der Waals surface area contributed by atoms with Crippen LogP contribution in [0.2, 0.25) is 5.02 Å². The van der Waals surface area contributed by atoms with E-state index in [9.17, 15) is 0 Å². The van der Waals surface area contributed by atoms with Crippen LogP contribution in [0.4, 0.5) is 0 Å². The number of aromatic nitrogens is 2. The highest BCUT2D eigenvalue weighted by Gasteiger charge is 2.06. The van der Waals surface area contributed by atoms with E-state index < -0.39 is 0 Å². The van der Waals surface area contributed by atoms with Crippen LogP contribution in [0.1, 0.15) is 11.3 Å². The normalized spacial score (nSPS) is 11.4. The van der Waals surface area contributed by atoms with Crippen LogP contribution in [0.15, 0.2) is 35.7 Å². The molecule has 0 aliphatic carbocycles. The molecule has 1 aromatic heterocycles. The van der Waals surface area contributed by atoms with Gasteiger partial charge in [0.25, 0.3) is 0 Å². The lowest BCUT2D eigenvalue weighted by molar-refractivity contribution is 0.318. The van der Waals surface area contributed by atoms with E-state index in [4.69, 9.17) is 27.3 Å². The van der Waals surface area contributed by atoms with Gasteiger partial charge in [-0.15, -0.1) is 0 Å². The smallest absolute Gasteiger partial charge is 0.237 e. The summed E-state index contributed by atoms with van der Waals surface area (Å²) in [4.78, 5) is 7.95. The topological polar surface area (TPSA) is 93.6 Å². The summed E-state index contributed by atoms with van der Waals surface area (Å²) < 4.78 is 5.51. The lowest BCUT2D eigenvalue weighted by Crippen LogP contribution is -2.15. The van der Waals surface area contributed by atoms with Crippen molar-refractivity contribution in [3.63, 3.8) is 0 Å². The van der Waals surface area contributed by atoms with Crippen molar-refractivity contribution in [2.45, 2.75) is 6.92 Å². The molecule has 0 aliphatic heterocycles. The highest BCUT2D eigenvalue weighted by atomic mass is 35.5. The maximum Gasteiger partial charge on any atom is 0.237 e. The molecule has 2 rings (SSSR count). The van der Waals surface area contributed by atoms with E-state index in [0.717, 1.165) is 5.56 Å². The Labute approximate surface area is 114 Å². The molecule has 0 spiro atoms. The average Bonchev–Trinajstić information content (AvgIpc) is 2.43. The fraction of sp³-hybridized carbons (Fsp3) is 0.0833. The molecule has 19 heavy (non-hydrogen) atoms. The van der Waals surface area contributed by atoms with Gasteiger partial charge in [0.15, 0.2) is 5.84 Å². The summed E-state index contributed by atoms with van der Waals surface area (Å²) >= 11 is 6.00. The van der Waals surface area contributed by atoms with E-state index in [-0.39, 0.29) is 17.4 Å². The summed E-state index contributed by atoms with van der Waals surface area (Å²) in [5, 5.41) is 11.8. The number of hydrogen-bond acceptors (Lipinski definition) is 5. The average molecular weight is 279 g/mol. The summed E-state index contributed by atoms with van der Waals surface area (Å²) in [6.45, 7) is 1.93. The monoisotopic (exact) mass is 278 g/mol. The van der Waals surface area contributed by atoms with Crippen LogP contribution in [0.5, 0.6) is 11.6 Å². The fourth-order valence-electron chi connectivity index (χ4n) is 1.35. The first-order valence-electron chi connectivity index (χ1n) is 5.34. The van der Waals surface area contributed by atoms with Crippen LogP contribution in [-0.4, -0.2) is 21.0 Å². The molecule has 2 aromatic rings. The molecule has 0 atom stereocenters. The second-order valence-electron chi connectivity index (χ2n) is 3.76. The van der Waals surface area contributed by atoms with Gasteiger partial charge in [-0.3, -0.25) is 0 Å². The minimum absolute atomic E-state index is 0.118. The quantitative estimate of drug-likeness (QED) is 0.389. The first-order chi connectivity index (χ1) is 9.10. The second-order valence-corrected chi connectivity index (χ2v) is 4.17. The van der Waals surface area contributed by atoms with Gasteiger partial charge in [-0.05, 0) is 24.6 Å². The maximum absolute atomic E-state index is 8.51. The lowest BCUT2D eigenvalue weighted by atomic mass is 10.2. The molecule has 3 N–H and O–H groups in total. The molecule has 0 saturated heterocycles. The number of nitrogens with zero attached hydrogens (tertiary/aromatic N) is 3. The molecule has 1 aromatic carbocycles. The van der Waals surface area contributed by atoms with E-state index in [1.807, 2.05) is 13.0 Å². The summed E-state index contributed by atoms with van der Waals surface area (Å²) in [6.07, 6.45) is 2.71. The molecule has 0 fully saturated rings. The van der Waals surface area contributed by atoms with Crippen LogP contribution in [0.25, 0.3) is 0 Å². The predicted octanol–water partition coefficient (Wildman–Crippen LogP) is 2.33. The zero-order valence-electron chi connectivity index (χ0n) is 10.0. The first-order valence-corrected chi connectivity index (χ1v) is 5.72. The van der Waals surface area contributed by atoms with Crippen molar-refractivity contribution in [2.75, 3.05) is 0 Å². The third kappa shape index (κ3) is 3.11. The van der Waals surface area contributed by atoms with E-state index in [1.165, 1.54) is 12.4 Å². The predicted molar refractivity (Wildman–Crippen MR) is 70.8 cm³/mol. The van der Waals surface area contributed by atoms with Crippen molar-refractivity contribution in [3.05, 3.63) is 46.9 Å². The summed E-state index contributed by atoms with van der Waals surface area (Å²) in [7, 11) is 0. The molecule has 98 valence electrons. The SMILES string of the molecule is Cc1ccc(Cl)c(Oc2cnc(C(N)=NO)cn2)c1. The Hall–Kier alpha value is -2.34. The van der Waals surface area contributed by atoms with Crippen LogP contribution in [-0.2, 0) is 0 Å². The van der Waals surface area contributed by atoms with Gasteiger partial charge in [0, 0.05) is 0 Å². The Bertz CT molecular complexity index is 614. The third-order valence-corrected chi connectivity index (χ3v) is 2.61. The Morgan fingerprint density at radius 1 is 1.37 bits per heavy atom. The Kier molecular flexibility index (Phi) is 3.82. The van der Waals surface area contributed by atoms with Crippen LogP contribution >= 0.6 is 11.6 Å². The van der Waals surface area contributed by atoms with E-state index in [2.05, 4.69) is 15.1 Å². The molecule has 6 nitrogen and oxygen atoms in total. The summed E-state index contributed by atoms with van der Waals surface area (Å²) in [5.74, 6) is 0.641. The van der Waals surface area contributed by atoms with Gasteiger partial charge < -0.3 is 15.7 Å². The van der Waals surface area contributed by atoms with Crippen molar-refractivity contribution in [2.24, 2.45) is 10.9 Å². The summed E-state index contributed by atoms with van der Waals surface area (Å²) in [5.41, 5.74) is 6.65. The van der Waals surface area contributed by atoms with Gasteiger partial charge in [-0.2, -0.15) is 0 Å². The highest BCUT2D eigenvalue weighted by Crippen LogP contribution is 2.28. The molecule has 0 aliphatic rings. The lowest BCUT2D eigenvalue weighted by Gasteiger charge is -2.07. The fourth-order valence-corrected chi connectivity index (χ4v) is 1.51. The Morgan fingerprint density at radius 3 is 2.79 bits per heavy atom. The third-order valence-electron chi connectivity index (χ3n) is 2.30. The van der Waals surface area contributed by atoms with Gasteiger partial charge in [0.05, 0.1) is 17.4 Å². The van der Waals surface area contributed by atoms with Crippen LogP contribution < -0.4 is 10.5 Å². The van der Waals surface area contributed by atoms with Crippen LogP contribution in [0.3, 0.4) is 0 Å². The Balaban J connectivity index is 2.22. The standard InChI is InChI=1S/C12H11ClN4O2/c1-7-2-3-8(13)10(4-7)19-11-6-15-9(5-16-11)12(14)17-18/h2-6,18H,1H3,(H2,14,17). The molecule has 0 bridgehead atoms. The molecule has 0 saturated carbocycles. The number of aryl methyl sites for hydroxylation is 1. The number of halogens is 1.